The van der Waals surface area contributed by atoms with Crippen LogP contribution in [0.4, 0.5) is 0 Å². The number of nitrogens with one attached hydrogen (secondary N) is 1. The van der Waals surface area contributed by atoms with Gasteiger partial charge in [-0.1, -0.05) is 79.2 Å². The van der Waals surface area contributed by atoms with Gasteiger partial charge in [-0.05, 0) is 55.5 Å². The van der Waals surface area contributed by atoms with E-state index >= 15 is 0 Å². The van der Waals surface area contributed by atoms with E-state index in [1.807, 2.05) is 0 Å². The quantitative estimate of drug-likeness (QED) is 0.462. The summed E-state index contributed by atoms with van der Waals surface area (Å²) < 4.78 is 6.04. The molecule has 0 spiro atoms. The summed E-state index contributed by atoms with van der Waals surface area (Å²) in [5, 5.41) is 16.5. The first kappa shape index (κ1) is 22.5. The van der Waals surface area contributed by atoms with Gasteiger partial charge in [-0.3, -0.25) is 0 Å². The molecule has 2 atom stereocenters. The van der Waals surface area contributed by atoms with Crippen LogP contribution in [0.5, 0.6) is 0 Å². The van der Waals surface area contributed by atoms with Crippen LogP contribution in [0.25, 0.3) is 10.8 Å². The van der Waals surface area contributed by atoms with Crippen molar-refractivity contribution in [3.63, 3.8) is 0 Å². The highest BCUT2D eigenvalue weighted by Crippen LogP contribution is 2.22. The number of hydrogen-bond acceptors (Lipinski definition) is 3. The first-order valence-corrected chi connectivity index (χ1v) is 11.0. The maximum atomic E-state index is 10.5. The molecule has 0 aliphatic rings. The second-order valence-electron chi connectivity index (χ2n) is 8.92. The van der Waals surface area contributed by atoms with Gasteiger partial charge < -0.3 is 15.2 Å². The van der Waals surface area contributed by atoms with E-state index in [-0.39, 0.29) is 11.6 Å². The highest BCUT2D eigenvalue weighted by Gasteiger charge is 2.20. The number of aliphatic hydroxyl groups excluding tert-OH is 1. The van der Waals surface area contributed by atoms with E-state index in [1.54, 1.807) is 0 Å². The van der Waals surface area contributed by atoms with Crippen LogP contribution in [0.1, 0.15) is 50.0 Å². The number of benzene rings is 3. The summed E-state index contributed by atoms with van der Waals surface area (Å²) in [7, 11) is 0. The van der Waals surface area contributed by atoms with Gasteiger partial charge in [0.25, 0.3) is 0 Å². The maximum Gasteiger partial charge on any atom is 0.0898 e. The molecule has 0 aromatic heterocycles. The standard InChI is InChI=1S/C27H35NO2/c1-5-26(24-12-8-9-20(2)15-24)30-19-25(29)18-28-27(3,4)17-21-13-14-22-10-6-7-11-23(22)16-21/h6-16,25-26,28-29H,5,17-19H2,1-4H3/t25-,26?/m1/s1. The van der Waals surface area contributed by atoms with Gasteiger partial charge in [-0.15, -0.1) is 0 Å². The molecule has 0 aliphatic heterocycles. The largest absolute Gasteiger partial charge is 0.389 e. The molecule has 0 bridgehead atoms. The monoisotopic (exact) mass is 405 g/mol. The van der Waals surface area contributed by atoms with Crippen LogP contribution in [0.3, 0.4) is 0 Å². The van der Waals surface area contributed by atoms with Crippen molar-refractivity contribution in [2.75, 3.05) is 13.2 Å². The molecule has 0 heterocycles. The van der Waals surface area contributed by atoms with Gasteiger partial charge in [-0.25, -0.2) is 0 Å². The molecule has 3 aromatic carbocycles. The summed E-state index contributed by atoms with van der Waals surface area (Å²) in [6, 6.07) is 23.5. The summed E-state index contributed by atoms with van der Waals surface area (Å²) in [4.78, 5) is 0. The van der Waals surface area contributed by atoms with Gasteiger partial charge in [-0.2, -0.15) is 0 Å². The predicted molar refractivity (Wildman–Crippen MR) is 126 cm³/mol. The fourth-order valence-corrected chi connectivity index (χ4v) is 3.92. The van der Waals surface area contributed by atoms with Crippen molar-refractivity contribution in [3.8, 4) is 0 Å². The zero-order chi connectivity index (χ0) is 21.6. The number of β-amino-alcohol motifs (C(OH)–C–C–N with tert-alkyl or cyclic N) is 1. The molecule has 0 saturated heterocycles. The van der Waals surface area contributed by atoms with Crippen molar-refractivity contribution in [1.29, 1.82) is 0 Å². The molecule has 30 heavy (non-hydrogen) atoms. The average Bonchev–Trinajstić information content (AvgIpc) is 2.72. The highest BCUT2D eigenvalue weighted by atomic mass is 16.5. The number of rotatable bonds is 10. The van der Waals surface area contributed by atoms with Gasteiger partial charge in [0.05, 0.1) is 18.8 Å². The van der Waals surface area contributed by atoms with Crippen molar-refractivity contribution in [1.82, 2.24) is 5.32 Å². The van der Waals surface area contributed by atoms with E-state index in [4.69, 9.17) is 4.74 Å². The first-order chi connectivity index (χ1) is 14.4. The lowest BCUT2D eigenvalue weighted by Crippen LogP contribution is -2.46. The Labute approximate surface area is 181 Å². The number of aryl methyl sites for hydroxylation is 1. The van der Waals surface area contributed by atoms with E-state index in [0.717, 1.165) is 12.8 Å². The van der Waals surface area contributed by atoms with Gasteiger partial charge in [0.15, 0.2) is 0 Å². The Morgan fingerprint density at radius 1 is 0.967 bits per heavy atom. The van der Waals surface area contributed by atoms with Gasteiger partial charge >= 0.3 is 0 Å². The Balaban J connectivity index is 1.50. The number of ether oxygens (including phenoxy) is 1. The molecular formula is C27H35NO2. The minimum atomic E-state index is -0.542. The molecule has 2 N–H and O–H groups in total. The zero-order valence-corrected chi connectivity index (χ0v) is 18.7. The molecule has 0 aliphatic carbocycles. The Morgan fingerprint density at radius 3 is 2.47 bits per heavy atom. The van der Waals surface area contributed by atoms with Crippen LogP contribution in [-0.2, 0) is 11.2 Å². The molecular weight excluding hydrogens is 370 g/mol. The molecule has 0 radical (unpaired) electrons. The molecule has 3 rings (SSSR count). The minimum Gasteiger partial charge on any atom is -0.389 e. The first-order valence-electron chi connectivity index (χ1n) is 11.0. The number of fused-ring (bicyclic) bond motifs is 1. The number of aliphatic hydroxyl groups is 1. The summed E-state index contributed by atoms with van der Waals surface area (Å²) in [5.74, 6) is 0. The molecule has 0 saturated carbocycles. The minimum absolute atomic E-state index is 0.0187. The fourth-order valence-electron chi connectivity index (χ4n) is 3.92. The zero-order valence-electron chi connectivity index (χ0n) is 18.7. The molecule has 1 unspecified atom stereocenters. The summed E-state index contributed by atoms with van der Waals surface area (Å²) in [6.07, 6.45) is 1.26. The second-order valence-corrected chi connectivity index (χ2v) is 8.92. The third-order valence-electron chi connectivity index (χ3n) is 5.55. The molecule has 0 amide bonds. The van der Waals surface area contributed by atoms with Crippen LogP contribution in [0.2, 0.25) is 0 Å². The van der Waals surface area contributed by atoms with Crippen LogP contribution in [0.15, 0.2) is 66.7 Å². The lowest BCUT2D eigenvalue weighted by molar-refractivity contribution is -0.0133. The van der Waals surface area contributed by atoms with E-state index in [1.165, 1.54) is 27.5 Å². The Bertz CT molecular complexity index is 950. The smallest absolute Gasteiger partial charge is 0.0898 e. The van der Waals surface area contributed by atoms with Crippen molar-refractivity contribution >= 4 is 10.8 Å². The van der Waals surface area contributed by atoms with Crippen molar-refractivity contribution in [3.05, 3.63) is 83.4 Å². The normalized spacial score (nSPS) is 14.0. The number of hydrogen-bond donors (Lipinski definition) is 2. The maximum absolute atomic E-state index is 10.5. The SMILES string of the molecule is CCC(OC[C@H](O)CNC(C)(C)Cc1ccc2ccccc2c1)c1cccc(C)c1. The van der Waals surface area contributed by atoms with Crippen LogP contribution >= 0.6 is 0 Å². The Morgan fingerprint density at radius 2 is 1.73 bits per heavy atom. The van der Waals surface area contributed by atoms with E-state index in [0.29, 0.717) is 13.2 Å². The summed E-state index contributed by atoms with van der Waals surface area (Å²) in [6.45, 7) is 9.39. The third kappa shape index (κ3) is 6.40. The average molecular weight is 406 g/mol. The second kappa shape index (κ2) is 10.2. The highest BCUT2D eigenvalue weighted by molar-refractivity contribution is 5.83. The molecule has 160 valence electrons. The summed E-state index contributed by atoms with van der Waals surface area (Å²) >= 11 is 0. The topological polar surface area (TPSA) is 41.5 Å². The molecule has 3 heteroatoms. The van der Waals surface area contributed by atoms with E-state index in [9.17, 15) is 5.11 Å². The lowest BCUT2D eigenvalue weighted by atomic mass is 9.93. The lowest BCUT2D eigenvalue weighted by Gasteiger charge is -2.28. The summed E-state index contributed by atoms with van der Waals surface area (Å²) in [5.41, 5.74) is 3.58. The van der Waals surface area contributed by atoms with Crippen LogP contribution in [-0.4, -0.2) is 29.9 Å². The van der Waals surface area contributed by atoms with Gasteiger partial charge in [0, 0.05) is 12.1 Å². The van der Waals surface area contributed by atoms with Crippen LogP contribution in [0, 0.1) is 6.92 Å². The van der Waals surface area contributed by atoms with Crippen molar-refractivity contribution in [2.45, 2.75) is 58.3 Å². The fraction of sp³-hybridized carbons (Fsp3) is 0.407. The predicted octanol–water partition coefficient (Wildman–Crippen LogP) is 5.59. The molecule has 3 aromatic rings. The van der Waals surface area contributed by atoms with E-state index < -0.39 is 6.10 Å². The van der Waals surface area contributed by atoms with Crippen LogP contribution < -0.4 is 5.32 Å². The van der Waals surface area contributed by atoms with Gasteiger partial charge in [0.1, 0.15) is 0 Å². The molecule has 3 nitrogen and oxygen atoms in total. The van der Waals surface area contributed by atoms with Crippen molar-refractivity contribution < 1.29 is 9.84 Å². The Hall–Kier alpha value is -2.20. The Kier molecular flexibility index (Phi) is 7.65. The van der Waals surface area contributed by atoms with E-state index in [2.05, 4.69) is 99.7 Å². The van der Waals surface area contributed by atoms with Crippen molar-refractivity contribution in [2.24, 2.45) is 0 Å². The molecule has 0 fully saturated rings. The third-order valence-corrected chi connectivity index (χ3v) is 5.55. The van der Waals surface area contributed by atoms with Gasteiger partial charge in [0.2, 0.25) is 0 Å².